The lowest BCUT2D eigenvalue weighted by Crippen LogP contribution is -2.47. The summed E-state index contributed by atoms with van der Waals surface area (Å²) in [6.45, 7) is 5.48. The number of carbonyl (C=O) groups is 2. The number of rotatable bonds is 3. The largest absolute Gasteiger partial charge is 0.466 e. The van der Waals surface area contributed by atoms with Crippen molar-refractivity contribution in [3.8, 4) is 0 Å². The summed E-state index contributed by atoms with van der Waals surface area (Å²) in [5.41, 5.74) is 0.865. The topological polar surface area (TPSA) is 65.1 Å². The second-order valence-electron chi connectivity index (χ2n) is 8.02. The Morgan fingerprint density at radius 2 is 1.75 bits per heavy atom. The molecule has 28 heavy (non-hydrogen) atoms. The van der Waals surface area contributed by atoms with Gasteiger partial charge in [-0.2, -0.15) is 0 Å². The number of likely N-dealkylation sites (tertiary alicyclic amines) is 1. The van der Waals surface area contributed by atoms with E-state index < -0.39 is 23.9 Å². The van der Waals surface area contributed by atoms with E-state index in [0.717, 1.165) is 5.56 Å². The minimum absolute atomic E-state index is 0.186. The van der Waals surface area contributed by atoms with Crippen molar-refractivity contribution in [2.75, 3.05) is 14.2 Å². The molecule has 6 nitrogen and oxygen atoms in total. The molecule has 3 rings (SSSR count). The molecule has 5 unspecified atom stereocenters. The molecule has 0 spiro atoms. The van der Waals surface area contributed by atoms with E-state index in [2.05, 4.69) is 15.9 Å². The third kappa shape index (κ3) is 3.70. The fraction of sp³-hybridized carbons (Fsp3) is 0.524. The molecule has 0 saturated carbocycles. The molecule has 0 aromatic heterocycles. The Kier molecular flexibility index (Phi) is 5.87. The summed E-state index contributed by atoms with van der Waals surface area (Å²) >= 11 is 3.75. The summed E-state index contributed by atoms with van der Waals surface area (Å²) < 4.78 is 16.4. The first kappa shape index (κ1) is 20.9. The summed E-state index contributed by atoms with van der Waals surface area (Å²) in [5.74, 6) is -0.972. The number of hydrogen-bond donors (Lipinski definition) is 0. The maximum atomic E-state index is 13.1. The lowest BCUT2D eigenvalue weighted by molar-refractivity contribution is -0.137. The minimum Gasteiger partial charge on any atom is -0.466 e. The number of benzene rings is 1. The fourth-order valence-corrected chi connectivity index (χ4v) is 5.19. The van der Waals surface area contributed by atoms with Crippen molar-refractivity contribution in [2.45, 2.75) is 49.4 Å². The highest BCUT2D eigenvalue weighted by Gasteiger charge is 2.59. The van der Waals surface area contributed by atoms with Crippen molar-refractivity contribution in [1.82, 2.24) is 4.90 Å². The van der Waals surface area contributed by atoms with Crippen LogP contribution in [0.4, 0.5) is 4.79 Å². The monoisotopic (exact) mass is 451 g/mol. The molecule has 2 bridgehead atoms. The molecule has 152 valence electrons. The van der Waals surface area contributed by atoms with Crippen molar-refractivity contribution < 1.29 is 23.8 Å². The van der Waals surface area contributed by atoms with E-state index in [1.54, 1.807) is 4.90 Å². The Balaban J connectivity index is 2.10. The third-order valence-corrected chi connectivity index (χ3v) is 6.22. The summed E-state index contributed by atoms with van der Waals surface area (Å²) in [4.78, 5) is 27.1. The summed E-state index contributed by atoms with van der Waals surface area (Å²) in [7, 11) is 2.90. The number of hydrogen-bond acceptors (Lipinski definition) is 5. The van der Waals surface area contributed by atoms with Gasteiger partial charge < -0.3 is 14.2 Å². The van der Waals surface area contributed by atoms with Crippen LogP contribution in [0.1, 0.15) is 32.3 Å². The Labute approximate surface area is 173 Å². The smallest absolute Gasteiger partial charge is 0.412 e. The first-order chi connectivity index (χ1) is 13.2. The second kappa shape index (κ2) is 7.87. The maximum absolute atomic E-state index is 13.1. The molecule has 7 heteroatoms. The van der Waals surface area contributed by atoms with E-state index in [9.17, 15) is 9.59 Å². The van der Waals surface area contributed by atoms with Crippen LogP contribution in [0.25, 0.3) is 0 Å². The molecule has 1 amide bonds. The molecule has 2 aliphatic rings. The van der Waals surface area contributed by atoms with Gasteiger partial charge in [0.2, 0.25) is 0 Å². The normalized spacial score (nSPS) is 29.3. The lowest BCUT2D eigenvalue weighted by Gasteiger charge is -2.35. The number of carbonyl (C=O) groups excluding carboxylic acids is 2. The lowest BCUT2D eigenvalue weighted by atomic mass is 9.78. The predicted molar refractivity (Wildman–Crippen MR) is 108 cm³/mol. The quantitative estimate of drug-likeness (QED) is 0.515. The molecule has 0 radical (unpaired) electrons. The molecule has 1 fully saturated rings. The molecule has 1 heterocycles. The van der Waals surface area contributed by atoms with Gasteiger partial charge in [-0.15, -0.1) is 0 Å². The number of fused-ring (bicyclic) bond motifs is 2. The zero-order valence-electron chi connectivity index (χ0n) is 16.7. The van der Waals surface area contributed by atoms with Crippen molar-refractivity contribution in [2.24, 2.45) is 5.92 Å². The first-order valence-corrected chi connectivity index (χ1v) is 10.1. The molecule has 1 saturated heterocycles. The zero-order chi connectivity index (χ0) is 20.6. The zero-order valence-corrected chi connectivity index (χ0v) is 18.3. The average molecular weight is 452 g/mol. The highest BCUT2D eigenvalue weighted by Crippen LogP contribution is 2.50. The second-order valence-corrected chi connectivity index (χ2v) is 9.08. The summed E-state index contributed by atoms with van der Waals surface area (Å²) in [6.07, 6.45) is 0.810. The molecule has 1 aliphatic heterocycles. The van der Waals surface area contributed by atoms with Crippen LogP contribution in [0, 0.1) is 5.92 Å². The molecule has 1 aliphatic carbocycles. The van der Waals surface area contributed by atoms with E-state index in [1.165, 1.54) is 14.2 Å². The van der Waals surface area contributed by atoms with E-state index in [1.807, 2.05) is 57.2 Å². The van der Waals surface area contributed by atoms with Gasteiger partial charge in [-0.3, -0.25) is 4.90 Å². The number of nitrogens with zero attached hydrogens (tertiary/aromatic N) is 1. The van der Waals surface area contributed by atoms with Gasteiger partial charge >= 0.3 is 12.1 Å². The number of alkyl halides is 1. The standard InChI is InChI=1S/C21H26BrNO5/c1-21(2,3)28-20(25)23-17-13(12-9-7-6-8-10-12)11-14(19(24)27-5)15(16(17)22)18(23)26-4/h6-11,13,15-18H,1-5H3. The van der Waals surface area contributed by atoms with Gasteiger partial charge in [-0.05, 0) is 26.3 Å². The maximum Gasteiger partial charge on any atom is 0.412 e. The van der Waals surface area contributed by atoms with Crippen LogP contribution < -0.4 is 0 Å². The van der Waals surface area contributed by atoms with Gasteiger partial charge in [0, 0.05) is 23.4 Å². The number of ether oxygens (including phenoxy) is 3. The average Bonchev–Trinajstić information content (AvgIpc) is 2.84. The third-order valence-electron chi connectivity index (χ3n) is 5.11. The van der Waals surface area contributed by atoms with Gasteiger partial charge in [-0.25, -0.2) is 9.59 Å². The summed E-state index contributed by atoms with van der Waals surface area (Å²) in [5, 5.41) is 0. The number of amides is 1. The van der Waals surface area contributed by atoms with E-state index >= 15 is 0 Å². The highest BCUT2D eigenvalue weighted by atomic mass is 79.9. The Morgan fingerprint density at radius 1 is 1.11 bits per heavy atom. The number of methoxy groups -OCH3 is 2. The van der Waals surface area contributed by atoms with Crippen LogP contribution in [0.2, 0.25) is 0 Å². The van der Waals surface area contributed by atoms with Crippen LogP contribution in [0.3, 0.4) is 0 Å². The fourth-order valence-electron chi connectivity index (χ4n) is 4.06. The van der Waals surface area contributed by atoms with Crippen LogP contribution in [-0.2, 0) is 19.0 Å². The highest BCUT2D eigenvalue weighted by molar-refractivity contribution is 9.09. The van der Waals surface area contributed by atoms with Crippen LogP contribution in [0.5, 0.6) is 0 Å². The van der Waals surface area contributed by atoms with Gasteiger partial charge in [0.25, 0.3) is 0 Å². The first-order valence-electron chi connectivity index (χ1n) is 9.22. The summed E-state index contributed by atoms with van der Waals surface area (Å²) in [6, 6.07) is 9.53. The SMILES string of the molecule is COC(=O)C1=CC(c2ccccc2)C2C(Br)C1C(OC)N2C(=O)OC(C)(C)C. The van der Waals surface area contributed by atoms with E-state index in [0.29, 0.717) is 5.57 Å². The van der Waals surface area contributed by atoms with Crippen LogP contribution in [0.15, 0.2) is 42.0 Å². The van der Waals surface area contributed by atoms with E-state index in [4.69, 9.17) is 14.2 Å². The van der Waals surface area contributed by atoms with E-state index in [-0.39, 0.29) is 22.7 Å². The Hall–Kier alpha value is -1.86. The number of esters is 1. The van der Waals surface area contributed by atoms with Crippen molar-refractivity contribution in [3.05, 3.63) is 47.5 Å². The van der Waals surface area contributed by atoms with Crippen molar-refractivity contribution in [3.63, 3.8) is 0 Å². The van der Waals surface area contributed by atoms with Gasteiger partial charge in [-0.1, -0.05) is 52.3 Å². The van der Waals surface area contributed by atoms with Gasteiger partial charge in [0.15, 0.2) is 0 Å². The molecular weight excluding hydrogens is 426 g/mol. The molecule has 5 atom stereocenters. The number of halogens is 1. The minimum atomic E-state index is -0.644. The Morgan fingerprint density at radius 3 is 2.29 bits per heavy atom. The van der Waals surface area contributed by atoms with Crippen molar-refractivity contribution in [1.29, 1.82) is 0 Å². The van der Waals surface area contributed by atoms with Gasteiger partial charge in [0.05, 0.1) is 19.1 Å². The van der Waals surface area contributed by atoms with Gasteiger partial charge in [0.1, 0.15) is 11.8 Å². The van der Waals surface area contributed by atoms with Crippen LogP contribution in [-0.4, -0.2) is 53.9 Å². The molecular formula is C21H26BrNO5. The van der Waals surface area contributed by atoms with Crippen molar-refractivity contribution >= 4 is 28.0 Å². The molecule has 1 aromatic rings. The predicted octanol–water partition coefficient (Wildman–Crippen LogP) is 3.85. The Bertz CT molecular complexity index is 773. The molecule has 1 aromatic carbocycles. The molecule has 0 N–H and O–H groups in total. The van der Waals surface area contributed by atoms with Crippen LogP contribution >= 0.6 is 15.9 Å².